The molecule has 0 aliphatic rings. The molecule has 82 valence electrons. The molecular formula is C11H20O3. The van der Waals surface area contributed by atoms with Crippen LogP contribution in [0.3, 0.4) is 0 Å². The second-order valence-electron chi connectivity index (χ2n) is 3.52. The highest BCUT2D eigenvalue weighted by molar-refractivity contribution is 5.86. The molecule has 0 aromatic carbocycles. The molecule has 0 aromatic heterocycles. The van der Waals surface area contributed by atoms with Crippen molar-refractivity contribution >= 4 is 5.97 Å². The molecule has 0 spiro atoms. The average Bonchev–Trinajstić information content (AvgIpc) is 2.17. The predicted molar refractivity (Wildman–Crippen MR) is 55.9 cm³/mol. The van der Waals surface area contributed by atoms with Crippen LogP contribution in [0.15, 0.2) is 12.2 Å². The number of ether oxygens (including phenoxy) is 1. The molecule has 0 aliphatic heterocycles. The van der Waals surface area contributed by atoms with E-state index in [0.717, 1.165) is 19.3 Å². The first-order valence-corrected chi connectivity index (χ1v) is 5.05. The van der Waals surface area contributed by atoms with E-state index in [-0.39, 0.29) is 12.6 Å². The first kappa shape index (κ1) is 13.2. The zero-order chi connectivity index (χ0) is 11.0. The van der Waals surface area contributed by atoms with E-state index in [1.807, 2.05) is 6.92 Å². The van der Waals surface area contributed by atoms with Crippen LogP contribution in [0, 0.1) is 5.92 Å². The Hall–Kier alpha value is -0.830. The van der Waals surface area contributed by atoms with Gasteiger partial charge in [0.15, 0.2) is 0 Å². The van der Waals surface area contributed by atoms with Crippen LogP contribution in [0.5, 0.6) is 0 Å². The fourth-order valence-electron chi connectivity index (χ4n) is 1.08. The molecule has 0 heterocycles. The summed E-state index contributed by atoms with van der Waals surface area (Å²) in [6.07, 6.45) is 2.67. The van der Waals surface area contributed by atoms with Crippen molar-refractivity contribution in [3.05, 3.63) is 12.2 Å². The van der Waals surface area contributed by atoms with Gasteiger partial charge in [0.25, 0.3) is 0 Å². The van der Waals surface area contributed by atoms with Crippen molar-refractivity contribution in [2.75, 3.05) is 13.2 Å². The van der Waals surface area contributed by atoms with Gasteiger partial charge in [0.05, 0.1) is 6.61 Å². The van der Waals surface area contributed by atoms with Crippen molar-refractivity contribution in [3.8, 4) is 0 Å². The Morgan fingerprint density at radius 2 is 2.21 bits per heavy atom. The molecule has 1 N–H and O–H groups in total. The van der Waals surface area contributed by atoms with Crippen LogP contribution < -0.4 is 0 Å². The van der Waals surface area contributed by atoms with E-state index in [1.165, 1.54) is 0 Å². The Kier molecular flexibility index (Phi) is 7.11. The monoisotopic (exact) mass is 200 g/mol. The van der Waals surface area contributed by atoms with Gasteiger partial charge < -0.3 is 9.84 Å². The Morgan fingerprint density at radius 1 is 1.57 bits per heavy atom. The van der Waals surface area contributed by atoms with Crippen molar-refractivity contribution in [2.24, 2.45) is 5.92 Å². The van der Waals surface area contributed by atoms with Crippen LogP contribution in [0.1, 0.15) is 33.1 Å². The normalized spacial score (nSPS) is 12.2. The van der Waals surface area contributed by atoms with Gasteiger partial charge in [0, 0.05) is 12.2 Å². The van der Waals surface area contributed by atoms with Gasteiger partial charge in [-0.3, -0.25) is 0 Å². The molecule has 3 nitrogen and oxygen atoms in total. The Bertz CT molecular complexity index is 183. The molecule has 0 bridgehead atoms. The van der Waals surface area contributed by atoms with Crippen LogP contribution in [-0.2, 0) is 9.53 Å². The Morgan fingerprint density at radius 3 is 2.64 bits per heavy atom. The number of rotatable bonds is 7. The van der Waals surface area contributed by atoms with Gasteiger partial charge in [-0.1, -0.05) is 19.9 Å². The molecule has 0 fully saturated rings. The molecule has 0 rings (SSSR count). The van der Waals surface area contributed by atoms with Gasteiger partial charge >= 0.3 is 5.97 Å². The summed E-state index contributed by atoms with van der Waals surface area (Å²) >= 11 is 0. The topological polar surface area (TPSA) is 46.5 Å². The molecule has 1 unspecified atom stereocenters. The molecule has 14 heavy (non-hydrogen) atoms. The molecule has 3 heteroatoms. The van der Waals surface area contributed by atoms with Crippen molar-refractivity contribution in [1.29, 1.82) is 0 Å². The quantitative estimate of drug-likeness (QED) is 0.388. The van der Waals surface area contributed by atoms with Gasteiger partial charge in [0.2, 0.25) is 0 Å². The van der Waals surface area contributed by atoms with Gasteiger partial charge in [-0.15, -0.1) is 0 Å². The van der Waals surface area contributed by atoms with Crippen molar-refractivity contribution in [1.82, 2.24) is 0 Å². The molecule has 0 saturated heterocycles. The summed E-state index contributed by atoms with van der Waals surface area (Å²) in [7, 11) is 0. The minimum atomic E-state index is -0.331. The van der Waals surface area contributed by atoms with Gasteiger partial charge in [0.1, 0.15) is 0 Å². The standard InChI is InChI=1S/C11H20O3/c1-4-10(8-12)6-5-7-14-11(13)9(2)3/h10,12H,2,4-8H2,1,3H3. The van der Waals surface area contributed by atoms with E-state index in [1.54, 1.807) is 6.92 Å². The molecule has 0 aromatic rings. The summed E-state index contributed by atoms with van der Waals surface area (Å²) in [5.74, 6) is 0.000534. The number of esters is 1. The maximum absolute atomic E-state index is 11.0. The highest BCUT2D eigenvalue weighted by atomic mass is 16.5. The smallest absolute Gasteiger partial charge is 0.333 e. The van der Waals surface area contributed by atoms with E-state index in [9.17, 15) is 4.79 Å². The summed E-state index contributed by atoms with van der Waals surface area (Å²) < 4.78 is 4.92. The van der Waals surface area contributed by atoms with Gasteiger partial charge in [-0.2, -0.15) is 0 Å². The fourth-order valence-corrected chi connectivity index (χ4v) is 1.08. The molecule has 0 saturated carbocycles. The molecular weight excluding hydrogens is 180 g/mol. The fraction of sp³-hybridized carbons (Fsp3) is 0.727. The number of aliphatic hydroxyl groups excluding tert-OH is 1. The Labute approximate surface area is 85.8 Å². The van der Waals surface area contributed by atoms with Crippen LogP contribution in [-0.4, -0.2) is 24.3 Å². The number of carbonyl (C=O) groups excluding carboxylic acids is 1. The number of aliphatic hydroxyl groups is 1. The lowest BCUT2D eigenvalue weighted by Gasteiger charge is -2.10. The number of hydrogen-bond donors (Lipinski definition) is 1. The predicted octanol–water partition coefficient (Wildman–Crippen LogP) is 1.90. The van der Waals surface area contributed by atoms with E-state index in [2.05, 4.69) is 6.58 Å². The maximum atomic E-state index is 11.0. The summed E-state index contributed by atoms with van der Waals surface area (Å²) in [4.78, 5) is 11.0. The summed E-state index contributed by atoms with van der Waals surface area (Å²) in [5, 5.41) is 8.90. The van der Waals surface area contributed by atoms with Crippen molar-refractivity contribution < 1.29 is 14.6 Å². The second kappa shape index (κ2) is 7.56. The summed E-state index contributed by atoms with van der Waals surface area (Å²) in [5.41, 5.74) is 0.430. The second-order valence-corrected chi connectivity index (χ2v) is 3.52. The molecule has 0 radical (unpaired) electrons. The van der Waals surface area contributed by atoms with E-state index >= 15 is 0 Å². The van der Waals surface area contributed by atoms with Crippen LogP contribution >= 0.6 is 0 Å². The number of carbonyl (C=O) groups is 1. The third kappa shape index (κ3) is 5.75. The largest absolute Gasteiger partial charge is 0.462 e. The number of hydrogen-bond acceptors (Lipinski definition) is 3. The molecule has 0 amide bonds. The summed E-state index contributed by atoms with van der Waals surface area (Å²) in [6, 6.07) is 0. The van der Waals surface area contributed by atoms with Crippen molar-refractivity contribution in [3.63, 3.8) is 0 Å². The maximum Gasteiger partial charge on any atom is 0.333 e. The summed E-state index contributed by atoms with van der Waals surface area (Å²) in [6.45, 7) is 7.79. The SMILES string of the molecule is C=C(C)C(=O)OCCCC(CC)CO. The van der Waals surface area contributed by atoms with E-state index < -0.39 is 0 Å². The zero-order valence-electron chi connectivity index (χ0n) is 9.08. The van der Waals surface area contributed by atoms with E-state index in [4.69, 9.17) is 9.84 Å². The average molecular weight is 200 g/mol. The van der Waals surface area contributed by atoms with E-state index in [0.29, 0.717) is 18.1 Å². The van der Waals surface area contributed by atoms with Gasteiger partial charge in [-0.05, 0) is 25.7 Å². The first-order chi connectivity index (χ1) is 6.61. The van der Waals surface area contributed by atoms with Gasteiger partial charge in [-0.25, -0.2) is 4.79 Å². The van der Waals surface area contributed by atoms with Crippen LogP contribution in [0.4, 0.5) is 0 Å². The first-order valence-electron chi connectivity index (χ1n) is 5.05. The highest BCUT2D eigenvalue weighted by Gasteiger charge is 2.06. The Balaban J connectivity index is 3.46. The third-order valence-corrected chi connectivity index (χ3v) is 2.17. The lowest BCUT2D eigenvalue weighted by atomic mass is 10.0. The van der Waals surface area contributed by atoms with Crippen LogP contribution in [0.25, 0.3) is 0 Å². The molecule has 0 aliphatic carbocycles. The zero-order valence-corrected chi connectivity index (χ0v) is 9.08. The third-order valence-electron chi connectivity index (χ3n) is 2.17. The van der Waals surface area contributed by atoms with Crippen LogP contribution in [0.2, 0.25) is 0 Å². The highest BCUT2D eigenvalue weighted by Crippen LogP contribution is 2.09. The molecule has 1 atom stereocenters. The minimum Gasteiger partial charge on any atom is -0.462 e. The van der Waals surface area contributed by atoms with Crippen molar-refractivity contribution in [2.45, 2.75) is 33.1 Å². The lowest BCUT2D eigenvalue weighted by Crippen LogP contribution is -2.09. The minimum absolute atomic E-state index is 0.213. The lowest BCUT2D eigenvalue weighted by molar-refractivity contribution is -0.139.